The molecule has 0 saturated carbocycles. The van der Waals surface area contributed by atoms with Gasteiger partial charge in [0.15, 0.2) is 0 Å². The molecule has 2 rings (SSSR count). The van der Waals surface area contributed by atoms with E-state index in [1.54, 1.807) is 6.07 Å². The quantitative estimate of drug-likeness (QED) is 0.730. The van der Waals surface area contributed by atoms with Crippen LogP contribution in [0.3, 0.4) is 0 Å². The Hall–Kier alpha value is -1.76. The molecule has 0 aromatic heterocycles. The van der Waals surface area contributed by atoms with Gasteiger partial charge in [-0.1, -0.05) is 42.5 Å². The van der Waals surface area contributed by atoms with Gasteiger partial charge in [-0.15, -0.1) is 0 Å². The Bertz CT molecular complexity index is 498. The van der Waals surface area contributed by atoms with Crippen LogP contribution < -0.4 is 0 Å². The van der Waals surface area contributed by atoms with Crippen molar-refractivity contribution in [3.63, 3.8) is 0 Å². The van der Waals surface area contributed by atoms with Gasteiger partial charge in [0, 0.05) is 5.56 Å². The Labute approximate surface area is 89.7 Å². The van der Waals surface area contributed by atoms with Crippen molar-refractivity contribution in [1.29, 1.82) is 0 Å². The van der Waals surface area contributed by atoms with Crippen LogP contribution in [-0.4, -0.2) is 5.11 Å². The van der Waals surface area contributed by atoms with Crippen LogP contribution in [0.4, 0.5) is 0 Å². The maximum absolute atomic E-state index is 9.80. The van der Waals surface area contributed by atoms with E-state index < -0.39 is 0 Å². The molecule has 0 heterocycles. The molecule has 2 aromatic rings. The molecule has 0 radical (unpaired) electrons. The molecule has 15 heavy (non-hydrogen) atoms. The van der Waals surface area contributed by atoms with Gasteiger partial charge < -0.3 is 5.11 Å². The number of aromatic hydroxyl groups is 1. The van der Waals surface area contributed by atoms with Gasteiger partial charge in [-0.2, -0.15) is 0 Å². The third kappa shape index (κ3) is 1.86. The van der Waals surface area contributed by atoms with Gasteiger partial charge in [0.05, 0.1) is 0 Å². The zero-order chi connectivity index (χ0) is 10.7. The summed E-state index contributed by atoms with van der Waals surface area (Å²) < 4.78 is 0. The highest BCUT2D eigenvalue weighted by molar-refractivity contribution is 5.87. The molecule has 1 nitrogen and oxygen atoms in total. The van der Waals surface area contributed by atoms with Crippen LogP contribution in [0, 0.1) is 0 Å². The molecule has 0 amide bonds. The lowest BCUT2D eigenvalue weighted by Crippen LogP contribution is -1.85. The van der Waals surface area contributed by atoms with Gasteiger partial charge in [0.2, 0.25) is 0 Å². The zero-order valence-corrected chi connectivity index (χ0v) is 8.77. The fourth-order valence-corrected chi connectivity index (χ4v) is 1.77. The molecule has 0 unspecified atom stereocenters. The molecule has 1 heteroatoms. The van der Waals surface area contributed by atoms with E-state index in [1.165, 1.54) is 5.39 Å². The zero-order valence-electron chi connectivity index (χ0n) is 8.77. The van der Waals surface area contributed by atoms with Gasteiger partial charge in [-0.25, -0.2) is 0 Å². The van der Waals surface area contributed by atoms with E-state index in [-0.39, 0.29) is 0 Å². The molecule has 2 aromatic carbocycles. The summed E-state index contributed by atoms with van der Waals surface area (Å²) in [6.45, 7) is 1.99. The van der Waals surface area contributed by atoms with Crippen molar-refractivity contribution >= 4 is 10.8 Å². The fourth-order valence-electron chi connectivity index (χ4n) is 1.77. The van der Waals surface area contributed by atoms with Crippen LogP contribution in [0.1, 0.15) is 12.5 Å². The predicted molar refractivity (Wildman–Crippen MR) is 64.1 cm³/mol. The molecule has 0 bridgehead atoms. The Morgan fingerprint density at radius 3 is 2.73 bits per heavy atom. The van der Waals surface area contributed by atoms with Gasteiger partial charge >= 0.3 is 0 Å². The second-order valence-electron chi connectivity index (χ2n) is 3.56. The number of hydrogen-bond acceptors (Lipinski definition) is 1. The van der Waals surface area contributed by atoms with Crippen molar-refractivity contribution in [3.05, 3.63) is 54.1 Å². The first-order chi connectivity index (χ1) is 7.33. The van der Waals surface area contributed by atoms with E-state index in [4.69, 9.17) is 0 Å². The molecule has 0 aliphatic heterocycles. The van der Waals surface area contributed by atoms with Crippen LogP contribution >= 0.6 is 0 Å². The number of allylic oxidation sites excluding steroid dienone is 2. The van der Waals surface area contributed by atoms with Crippen LogP contribution in [0.15, 0.2) is 48.6 Å². The third-order valence-corrected chi connectivity index (χ3v) is 2.57. The molecule has 0 spiro atoms. The lowest BCUT2D eigenvalue weighted by molar-refractivity contribution is 0.471. The molecule has 0 aliphatic rings. The van der Waals surface area contributed by atoms with E-state index >= 15 is 0 Å². The van der Waals surface area contributed by atoms with Crippen molar-refractivity contribution in [2.45, 2.75) is 13.3 Å². The number of fused-ring (bicyclic) bond motifs is 1. The minimum absolute atomic E-state index is 0.381. The summed E-state index contributed by atoms with van der Waals surface area (Å²) in [4.78, 5) is 0. The monoisotopic (exact) mass is 198 g/mol. The Balaban J connectivity index is 2.63. The SMILES string of the molecule is C/C=C/Cc1c(O)ccc2ccccc12. The average molecular weight is 198 g/mol. The first-order valence-corrected chi connectivity index (χ1v) is 5.13. The van der Waals surface area contributed by atoms with Crippen molar-refractivity contribution < 1.29 is 5.11 Å². The summed E-state index contributed by atoms with van der Waals surface area (Å²) in [6, 6.07) is 11.8. The fraction of sp³-hybridized carbons (Fsp3) is 0.143. The number of hydrogen-bond donors (Lipinski definition) is 1. The molecular formula is C14H14O. The molecule has 1 N–H and O–H groups in total. The summed E-state index contributed by atoms with van der Waals surface area (Å²) in [5, 5.41) is 12.1. The van der Waals surface area contributed by atoms with Gasteiger partial charge in [0.25, 0.3) is 0 Å². The van der Waals surface area contributed by atoms with E-state index in [0.29, 0.717) is 5.75 Å². The molecule has 76 valence electrons. The van der Waals surface area contributed by atoms with Crippen molar-refractivity contribution in [1.82, 2.24) is 0 Å². The third-order valence-electron chi connectivity index (χ3n) is 2.57. The second kappa shape index (κ2) is 4.18. The Morgan fingerprint density at radius 2 is 1.93 bits per heavy atom. The smallest absolute Gasteiger partial charge is 0.119 e. The minimum Gasteiger partial charge on any atom is -0.508 e. The first-order valence-electron chi connectivity index (χ1n) is 5.13. The normalized spacial score (nSPS) is 11.3. The largest absolute Gasteiger partial charge is 0.508 e. The van der Waals surface area contributed by atoms with Crippen molar-refractivity contribution in [2.24, 2.45) is 0 Å². The Kier molecular flexibility index (Phi) is 2.72. The average Bonchev–Trinajstić information content (AvgIpc) is 2.28. The Morgan fingerprint density at radius 1 is 1.13 bits per heavy atom. The van der Waals surface area contributed by atoms with Crippen LogP contribution in [0.25, 0.3) is 10.8 Å². The van der Waals surface area contributed by atoms with Crippen LogP contribution in [0.5, 0.6) is 5.75 Å². The highest BCUT2D eigenvalue weighted by Crippen LogP contribution is 2.27. The van der Waals surface area contributed by atoms with E-state index in [2.05, 4.69) is 12.1 Å². The van der Waals surface area contributed by atoms with Crippen molar-refractivity contribution in [3.8, 4) is 5.75 Å². The summed E-state index contributed by atoms with van der Waals surface area (Å²) in [5.74, 6) is 0.381. The maximum atomic E-state index is 9.80. The maximum Gasteiger partial charge on any atom is 0.119 e. The summed E-state index contributed by atoms with van der Waals surface area (Å²) in [7, 11) is 0. The topological polar surface area (TPSA) is 20.2 Å². The standard InChI is InChI=1S/C14H14O/c1-2-3-7-13-12-8-5-4-6-11(12)9-10-14(13)15/h2-6,8-10,15H,7H2,1H3/b3-2+. The predicted octanol–water partition coefficient (Wildman–Crippen LogP) is 3.66. The van der Waals surface area contributed by atoms with Crippen LogP contribution in [0.2, 0.25) is 0 Å². The molecular weight excluding hydrogens is 184 g/mol. The highest BCUT2D eigenvalue weighted by Gasteiger charge is 2.04. The molecule has 0 saturated heterocycles. The number of phenolic OH excluding ortho intramolecular Hbond substituents is 1. The van der Waals surface area contributed by atoms with E-state index in [9.17, 15) is 5.11 Å². The molecule has 0 aliphatic carbocycles. The van der Waals surface area contributed by atoms with Gasteiger partial charge in [-0.05, 0) is 30.2 Å². The summed E-state index contributed by atoms with van der Waals surface area (Å²) in [5.41, 5.74) is 1.01. The second-order valence-corrected chi connectivity index (χ2v) is 3.56. The number of phenols is 1. The van der Waals surface area contributed by atoms with Crippen molar-refractivity contribution in [2.75, 3.05) is 0 Å². The van der Waals surface area contributed by atoms with Gasteiger partial charge in [0.1, 0.15) is 5.75 Å². The molecule has 0 atom stereocenters. The highest BCUT2D eigenvalue weighted by atomic mass is 16.3. The van der Waals surface area contributed by atoms with E-state index in [0.717, 1.165) is 17.4 Å². The number of rotatable bonds is 2. The summed E-state index contributed by atoms with van der Waals surface area (Å²) in [6.07, 6.45) is 4.84. The lowest BCUT2D eigenvalue weighted by atomic mass is 10.0. The molecule has 0 fully saturated rings. The number of benzene rings is 2. The minimum atomic E-state index is 0.381. The van der Waals surface area contributed by atoms with Gasteiger partial charge in [-0.3, -0.25) is 0 Å². The first kappa shape index (κ1) is 9.78. The van der Waals surface area contributed by atoms with Crippen LogP contribution in [-0.2, 0) is 6.42 Å². The lowest BCUT2D eigenvalue weighted by Gasteiger charge is -2.06. The summed E-state index contributed by atoms with van der Waals surface area (Å²) >= 11 is 0. The van der Waals surface area contributed by atoms with E-state index in [1.807, 2.05) is 37.3 Å².